The lowest BCUT2D eigenvalue weighted by molar-refractivity contribution is -0.605. The summed E-state index contributed by atoms with van der Waals surface area (Å²) < 4.78 is 11.0. The molecule has 0 aliphatic heterocycles. The first-order valence-corrected chi connectivity index (χ1v) is 9.50. The number of benzene rings is 2. The SMILES string of the molecule is COC(=O)c1c(COC(=O)c2cc[n+]([O-])cc2)nc2ccccc2c1-c1ccccc1. The van der Waals surface area contributed by atoms with Crippen molar-refractivity contribution in [1.29, 1.82) is 0 Å². The monoisotopic (exact) mass is 414 g/mol. The average molecular weight is 414 g/mol. The molecule has 2 aromatic heterocycles. The minimum Gasteiger partial charge on any atom is -0.619 e. The quantitative estimate of drug-likeness (QED) is 0.281. The minimum absolute atomic E-state index is 0.218. The van der Waals surface area contributed by atoms with Crippen molar-refractivity contribution in [2.45, 2.75) is 6.61 Å². The van der Waals surface area contributed by atoms with Crippen LogP contribution in [0, 0.1) is 5.21 Å². The van der Waals surface area contributed by atoms with E-state index in [2.05, 4.69) is 4.98 Å². The van der Waals surface area contributed by atoms with Gasteiger partial charge in [-0.1, -0.05) is 48.5 Å². The third kappa shape index (κ3) is 4.06. The zero-order chi connectivity index (χ0) is 21.8. The molecule has 7 nitrogen and oxygen atoms in total. The Morgan fingerprint density at radius 2 is 1.61 bits per heavy atom. The largest absolute Gasteiger partial charge is 0.619 e. The second kappa shape index (κ2) is 8.62. The van der Waals surface area contributed by atoms with Crippen LogP contribution < -0.4 is 4.73 Å². The molecule has 154 valence electrons. The molecule has 0 bridgehead atoms. The molecule has 0 saturated carbocycles. The molecule has 0 saturated heterocycles. The number of pyridine rings is 2. The predicted molar refractivity (Wildman–Crippen MR) is 113 cm³/mol. The van der Waals surface area contributed by atoms with Crippen molar-refractivity contribution >= 4 is 22.8 Å². The number of rotatable bonds is 5. The van der Waals surface area contributed by atoms with E-state index >= 15 is 0 Å². The van der Waals surface area contributed by atoms with E-state index < -0.39 is 11.9 Å². The van der Waals surface area contributed by atoms with Gasteiger partial charge in [0, 0.05) is 23.1 Å². The van der Waals surface area contributed by atoms with E-state index in [9.17, 15) is 14.8 Å². The number of ether oxygens (including phenoxy) is 2. The smallest absolute Gasteiger partial charge is 0.340 e. The van der Waals surface area contributed by atoms with Crippen LogP contribution in [0.15, 0.2) is 79.1 Å². The lowest BCUT2D eigenvalue weighted by atomic mass is 9.94. The molecular formula is C24H18N2O5. The number of methoxy groups -OCH3 is 1. The molecule has 4 rings (SSSR count). The van der Waals surface area contributed by atoms with E-state index in [1.54, 1.807) is 0 Å². The fourth-order valence-corrected chi connectivity index (χ4v) is 3.36. The molecule has 0 aliphatic rings. The highest BCUT2D eigenvalue weighted by molar-refractivity contribution is 6.07. The lowest BCUT2D eigenvalue weighted by Gasteiger charge is -2.16. The Morgan fingerprint density at radius 1 is 0.935 bits per heavy atom. The van der Waals surface area contributed by atoms with Gasteiger partial charge in [-0.15, -0.1) is 0 Å². The number of aromatic nitrogens is 2. The van der Waals surface area contributed by atoms with Crippen LogP contribution in [0.4, 0.5) is 0 Å². The van der Waals surface area contributed by atoms with Crippen molar-refractivity contribution in [3.63, 3.8) is 0 Å². The number of hydrogen-bond donors (Lipinski definition) is 0. The summed E-state index contributed by atoms with van der Waals surface area (Å²) in [7, 11) is 1.30. The summed E-state index contributed by atoms with van der Waals surface area (Å²) in [6, 6.07) is 19.6. The summed E-state index contributed by atoms with van der Waals surface area (Å²) in [6.45, 7) is -0.236. The van der Waals surface area contributed by atoms with Crippen molar-refractivity contribution < 1.29 is 23.8 Å². The highest BCUT2D eigenvalue weighted by Gasteiger charge is 2.24. The average Bonchev–Trinajstić information content (AvgIpc) is 2.82. The topological polar surface area (TPSA) is 92.4 Å². The normalized spacial score (nSPS) is 10.6. The van der Waals surface area contributed by atoms with Crippen molar-refractivity contribution in [2.24, 2.45) is 0 Å². The Bertz CT molecular complexity index is 1250. The molecule has 7 heteroatoms. The van der Waals surface area contributed by atoms with Gasteiger partial charge in [-0.25, -0.2) is 14.6 Å². The van der Waals surface area contributed by atoms with Gasteiger partial charge in [0.25, 0.3) is 0 Å². The zero-order valence-corrected chi connectivity index (χ0v) is 16.6. The summed E-state index contributed by atoms with van der Waals surface area (Å²) in [5.41, 5.74) is 2.88. The summed E-state index contributed by atoms with van der Waals surface area (Å²) in [4.78, 5) is 29.8. The first-order chi connectivity index (χ1) is 15.1. The lowest BCUT2D eigenvalue weighted by Crippen LogP contribution is -2.24. The molecule has 0 atom stereocenters. The fraction of sp³-hybridized carbons (Fsp3) is 0.0833. The molecule has 0 fully saturated rings. The van der Waals surface area contributed by atoms with Crippen molar-refractivity contribution in [2.75, 3.05) is 7.11 Å². The Hall–Kier alpha value is -4.26. The van der Waals surface area contributed by atoms with Crippen LogP contribution in [0.3, 0.4) is 0 Å². The molecule has 0 aliphatic carbocycles. The van der Waals surface area contributed by atoms with E-state index in [1.807, 2.05) is 54.6 Å². The van der Waals surface area contributed by atoms with E-state index in [0.29, 0.717) is 15.8 Å². The molecular weight excluding hydrogens is 396 g/mol. The van der Waals surface area contributed by atoms with Crippen molar-refractivity contribution in [3.8, 4) is 11.1 Å². The van der Waals surface area contributed by atoms with Crippen LogP contribution in [0.2, 0.25) is 0 Å². The summed E-state index contributed by atoms with van der Waals surface area (Å²) in [5, 5.41) is 12.0. The van der Waals surface area contributed by atoms with Gasteiger partial charge in [0.1, 0.15) is 6.61 Å². The van der Waals surface area contributed by atoms with Gasteiger partial charge < -0.3 is 14.7 Å². The van der Waals surface area contributed by atoms with Crippen LogP contribution in [-0.4, -0.2) is 24.0 Å². The second-order valence-electron chi connectivity index (χ2n) is 6.71. The molecule has 0 N–H and O–H groups in total. The highest BCUT2D eigenvalue weighted by Crippen LogP contribution is 2.34. The van der Waals surface area contributed by atoms with Crippen LogP contribution in [0.1, 0.15) is 26.4 Å². The van der Waals surface area contributed by atoms with Gasteiger partial charge in [-0.05, 0) is 11.6 Å². The molecule has 0 unspecified atom stereocenters. The Kier molecular flexibility index (Phi) is 5.57. The number of esters is 2. The fourth-order valence-electron chi connectivity index (χ4n) is 3.36. The van der Waals surface area contributed by atoms with E-state index in [0.717, 1.165) is 10.9 Å². The number of carbonyl (C=O) groups excluding carboxylic acids is 2. The molecule has 31 heavy (non-hydrogen) atoms. The van der Waals surface area contributed by atoms with Gasteiger partial charge in [-0.2, -0.15) is 4.73 Å². The van der Waals surface area contributed by atoms with E-state index in [-0.39, 0.29) is 23.4 Å². The van der Waals surface area contributed by atoms with Gasteiger partial charge in [0.15, 0.2) is 12.4 Å². The first-order valence-electron chi connectivity index (χ1n) is 9.50. The van der Waals surface area contributed by atoms with Crippen LogP contribution in [0.25, 0.3) is 22.0 Å². The number of fused-ring (bicyclic) bond motifs is 1. The molecule has 0 spiro atoms. The molecule has 2 heterocycles. The van der Waals surface area contributed by atoms with E-state index in [4.69, 9.17) is 9.47 Å². The highest BCUT2D eigenvalue weighted by atomic mass is 16.5. The molecule has 2 aromatic carbocycles. The standard InChI is InChI=1S/C24H18N2O5/c1-30-24(28)22-20(15-31-23(27)17-11-13-26(29)14-12-17)25-19-10-6-5-9-18(19)21(22)16-7-3-2-4-8-16/h2-14H,15H2,1H3. The second-order valence-corrected chi connectivity index (χ2v) is 6.71. The minimum atomic E-state index is -0.632. The number of para-hydroxylation sites is 1. The van der Waals surface area contributed by atoms with Gasteiger partial charge in [-0.3, -0.25) is 0 Å². The van der Waals surface area contributed by atoms with Crippen molar-refractivity contribution in [3.05, 3.63) is 101 Å². The first kappa shape index (κ1) is 20.0. The van der Waals surface area contributed by atoms with Crippen molar-refractivity contribution in [1.82, 2.24) is 4.98 Å². The molecule has 4 aromatic rings. The summed E-state index contributed by atoms with van der Waals surface area (Å²) >= 11 is 0. The third-order valence-electron chi connectivity index (χ3n) is 4.80. The molecule has 0 amide bonds. The maximum atomic E-state index is 12.8. The number of hydrogen-bond acceptors (Lipinski definition) is 6. The Morgan fingerprint density at radius 3 is 2.32 bits per heavy atom. The maximum absolute atomic E-state index is 12.8. The van der Waals surface area contributed by atoms with Crippen LogP contribution in [-0.2, 0) is 16.1 Å². The number of carbonyl (C=O) groups is 2. The Balaban J connectivity index is 1.81. The van der Waals surface area contributed by atoms with Gasteiger partial charge in [0.05, 0.1) is 29.4 Å². The van der Waals surface area contributed by atoms with E-state index in [1.165, 1.54) is 31.6 Å². The Labute approximate surface area is 178 Å². The zero-order valence-electron chi connectivity index (χ0n) is 16.6. The van der Waals surface area contributed by atoms with Gasteiger partial charge >= 0.3 is 11.9 Å². The third-order valence-corrected chi connectivity index (χ3v) is 4.80. The summed E-state index contributed by atoms with van der Waals surface area (Å²) in [5.74, 6) is -1.21. The maximum Gasteiger partial charge on any atom is 0.340 e. The predicted octanol–water partition coefficient (Wildman–Crippen LogP) is 3.68. The summed E-state index contributed by atoms with van der Waals surface area (Å²) in [6.07, 6.45) is 2.41. The number of nitrogens with zero attached hydrogens (tertiary/aromatic N) is 2. The van der Waals surface area contributed by atoms with Crippen LogP contribution >= 0.6 is 0 Å². The molecule has 0 radical (unpaired) electrons. The van der Waals surface area contributed by atoms with Gasteiger partial charge in [0.2, 0.25) is 0 Å². The van der Waals surface area contributed by atoms with Crippen LogP contribution in [0.5, 0.6) is 0 Å².